The standard InChI is InChI=1S/C16H22N2O.C4H4O4/c1-17-7-9-18(10-8-17)12-16(19)15-6-5-13-3-2-4-14(13)11-15;5-3(6)1-2-4(7)8/h5-6,11H,2-4,7-10,12H2,1H3;1-2H,(H,5,6)(H,7,8)/b;2-1-. The van der Waals surface area contributed by atoms with Crippen LogP contribution in [-0.2, 0) is 22.4 Å². The highest BCUT2D eigenvalue weighted by Crippen LogP contribution is 2.23. The minimum Gasteiger partial charge on any atom is -0.478 e. The number of ketones is 1. The molecule has 0 bridgehead atoms. The summed E-state index contributed by atoms with van der Waals surface area (Å²) in [5.41, 5.74) is 3.74. The maximum atomic E-state index is 12.3. The van der Waals surface area contributed by atoms with Gasteiger partial charge >= 0.3 is 11.9 Å². The number of aliphatic carboxylic acids is 2. The number of hydrogen-bond donors (Lipinski definition) is 2. The van der Waals surface area contributed by atoms with Gasteiger partial charge in [-0.25, -0.2) is 9.59 Å². The van der Waals surface area contributed by atoms with Crippen molar-refractivity contribution in [1.82, 2.24) is 9.80 Å². The molecule has 1 aromatic rings. The highest BCUT2D eigenvalue weighted by Gasteiger charge is 2.19. The number of likely N-dealkylation sites (N-methyl/N-ethyl adjacent to an activating group) is 1. The van der Waals surface area contributed by atoms with Crippen LogP contribution in [0.1, 0.15) is 27.9 Å². The number of carboxylic acid groups (broad SMARTS) is 2. The number of aryl methyl sites for hydroxylation is 2. The van der Waals surface area contributed by atoms with Crippen molar-refractivity contribution in [3.05, 3.63) is 47.0 Å². The third kappa shape index (κ3) is 6.96. The first-order valence-electron chi connectivity index (χ1n) is 9.05. The van der Waals surface area contributed by atoms with Crippen LogP contribution >= 0.6 is 0 Å². The summed E-state index contributed by atoms with van der Waals surface area (Å²) in [4.78, 5) is 36.0. The van der Waals surface area contributed by atoms with Crippen molar-refractivity contribution in [1.29, 1.82) is 0 Å². The van der Waals surface area contributed by atoms with Crippen LogP contribution in [0.5, 0.6) is 0 Å². The number of nitrogens with zero attached hydrogens (tertiary/aromatic N) is 2. The molecule has 1 saturated heterocycles. The third-order valence-electron chi connectivity index (χ3n) is 4.75. The topological polar surface area (TPSA) is 98.2 Å². The van der Waals surface area contributed by atoms with Crippen molar-refractivity contribution in [2.45, 2.75) is 19.3 Å². The number of fused-ring (bicyclic) bond motifs is 1. The first kappa shape index (κ1) is 20.8. The van der Waals surface area contributed by atoms with Gasteiger partial charge in [-0.1, -0.05) is 12.1 Å². The number of carbonyl (C=O) groups is 3. The largest absolute Gasteiger partial charge is 0.478 e. The van der Waals surface area contributed by atoms with E-state index in [0.29, 0.717) is 18.7 Å². The van der Waals surface area contributed by atoms with Crippen LogP contribution < -0.4 is 0 Å². The van der Waals surface area contributed by atoms with Crippen molar-refractivity contribution in [2.24, 2.45) is 0 Å². The van der Waals surface area contributed by atoms with Gasteiger partial charge in [0, 0.05) is 43.9 Å². The summed E-state index contributed by atoms with van der Waals surface area (Å²) in [6.07, 6.45) is 4.68. The minimum absolute atomic E-state index is 0.277. The normalized spacial score (nSPS) is 17.2. The number of hydrogen-bond acceptors (Lipinski definition) is 5. The van der Waals surface area contributed by atoms with E-state index >= 15 is 0 Å². The van der Waals surface area contributed by atoms with Gasteiger partial charge in [0.1, 0.15) is 0 Å². The van der Waals surface area contributed by atoms with Crippen LogP contribution in [-0.4, -0.2) is 77.5 Å². The maximum absolute atomic E-state index is 12.3. The van der Waals surface area contributed by atoms with Crippen LogP contribution in [0.15, 0.2) is 30.4 Å². The van der Waals surface area contributed by atoms with Crippen LogP contribution in [0, 0.1) is 0 Å². The Hall–Kier alpha value is -2.51. The first-order chi connectivity index (χ1) is 12.8. The second-order valence-electron chi connectivity index (χ2n) is 6.85. The Labute approximate surface area is 158 Å². The van der Waals surface area contributed by atoms with E-state index in [2.05, 4.69) is 29.0 Å². The first-order valence-corrected chi connectivity index (χ1v) is 9.05. The average Bonchev–Trinajstić information content (AvgIpc) is 3.10. The number of Topliss-reactive ketones (excluding diaryl/α,β-unsaturated/α-hetero) is 1. The Morgan fingerprint density at radius 1 is 0.963 bits per heavy atom. The van der Waals surface area contributed by atoms with Crippen molar-refractivity contribution >= 4 is 17.7 Å². The lowest BCUT2D eigenvalue weighted by atomic mass is 10.0. The van der Waals surface area contributed by atoms with Crippen LogP contribution in [0.25, 0.3) is 0 Å². The van der Waals surface area contributed by atoms with Gasteiger partial charge in [-0.05, 0) is 43.5 Å². The third-order valence-corrected chi connectivity index (χ3v) is 4.75. The molecule has 0 spiro atoms. The number of benzene rings is 1. The van der Waals surface area contributed by atoms with E-state index in [1.54, 1.807) is 0 Å². The van der Waals surface area contributed by atoms with Crippen LogP contribution in [0.3, 0.4) is 0 Å². The molecule has 0 amide bonds. The van der Waals surface area contributed by atoms with E-state index in [4.69, 9.17) is 10.2 Å². The molecule has 7 nitrogen and oxygen atoms in total. The molecule has 1 heterocycles. The summed E-state index contributed by atoms with van der Waals surface area (Å²) in [5.74, 6) is -2.24. The van der Waals surface area contributed by atoms with Crippen molar-refractivity contribution in [3.63, 3.8) is 0 Å². The molecule has 0 unspecified atom stereocenters. The van der Waals surface area contributed by atoms with Gasteiger partial charge in [-0.3, -0.25) is 9.69 Å². The summed E-state index contributed by atoms with van der Waals surface area (Å²) >= 11 is 0. The minimum atomic E-state index is -1.26. The van der Waals surface area contributed by atoms with E-state index in [9.17, 15) is 14.4 Å². The Balaban J connectivity index is 0.000000279. The molecule has 146 valence electrons. The fourth-order valence-corrected chi connectivity index (χ4v) is 3.19. The summed E-state index contributed by atoms with van der Waals surface area (Å²) in [5, 5.41) is 15.6. The average molecular weight is 374 g/mol. The van der Waals surface area contributed by atoms with E-state index in [0.717, 1.165) is 38.2 Å². The molecule has 2 aliphatic rings. The number of piperazine rings is 1. The molecule has 1 fully saturated rings. The van der Waals surface area contributed by atoms with Gasteiger partial charge in [-0.15, -0.1) is 0 Å². The van der Waals surface area contributed by atoms with Crippen molar-refractivity contribution < 1.29 is 24.6 Å². The molecule has 1 aromatic carbocycles. The quantitative estimate of drug-likeness (QED) is 0.592. The Bertz CT molecular complexity index is 705. The molecule has 27 heavy (non-hydrogen) atoms. The van der Waals surface area contributed by atoms with E-state index in [1.807, 2.05) is 6.07 Å². The zero-order valence-electron chi connectivity index (χ0n) is 15.6. The van der Waals surface area contributed by atoms with Gasteiger partial charge in [0.15, 0.2) is 5.78 Å². The molecular formula is C20H26N2O5. The summed E-state index contributed by atoms with van der Waals surface area (Å²) in [7, 11) is 2.14. The summed E-state index contributed by atoms with van der Waals surface area (Å²) < 4.78 is 0. The highest BCUT2D eigenvalue weighted by molar-refractivity contribution is 5.97. The van der Waals surface area contributed by atoms with E-state index < -0.39 is 11.9 Å². The number of rotatable bonds is 5. The summed E-state index contributed by atoms with van der Waals surface area (Å²) in [6.45, 7) is 4.72. The predicted octanol–water partition coefficient (Wildman–Crippen LogP) is 1.32. The smallest absolute Gasteiger partial charge is 0.328 e. The fourth-order valence-electron chi connectivity index (χ4n) is 3.19. The van der Waals surface area contributed by atoms with Gasteiger partial charge in [-0.2, -0.15) is 0 Å². The molecule has 1 aliphatic heterocycles. The monoisotopic (exact) mass is 374 g/mol. The second-order valence-corrected chi connectivity index (χ2v) is 6.85. The zero-order valence-corrected chi connectivity index (χ0v) is 15.6. The van der Waals surface area contributed by atoms with Gasteiger partial charge in [0.2, 0.25) is 0 Å². The van der Waals surface area contributed by atoms with Crippen molar-refractivity contribution in [3.8, 4) is 0 Å². The fraction of sp³-hybridized carbons (Fsp3) is 0.450. The van der Waals surface area contributed by atoms with Gasteiger partial charge < -0.3 is 15.1 Å². The number of carboxylic acids is 2. The van der Waals surface area contributed by atoms with E-state index in [1.165, 1.54) is 24.0 Å². The molecule has 0 saturated carbocycles. The number of carbonyl (C=O) groups excluding carboxylic acids is 1. The summed E-state index contributed by atoms with van der Waals surface area (Å²) in [6, 6.07) is 6.29. The van der Waals surface area contributed by atoms with Crippen LogP contribution in [0.2, 0.25) is 0 Å². The molecule has 2 N–H and O–H groups in total. The molecular weight excluding hydrogens is 348 g/mol. The van der Waals surface area contributed by atoms with Gasteiger partial charge in [0.25, 0.3) is 0 Å². The molecule has 0 atom stereocenters. The Morgan fingerprint density at radius 2 is 1.56 bits per heavy atom. The molecule has 7 heteroatoms. The second kappa shape index (κ2) is 9.99. The zero-order chi connectivity index (χ0) is 19.8. The van der Waals surface area contributed by atoms with Crippen LogP contribution in [0.4, 0.5) is 0 Å². The molecule has 0 radical (unpaired) electrons. The molecule has 1 aliphatic carbocycles. The lowest BCUT2D eigenvalue weighted by Crippen LogP contribution is -2.46. The highest BCUT2D eigenvalue weighted by atomic mass is 16.4. The lowest BCUT2D eigenvalue weighted by molar-refractivity contribution is -0.134. The SMILES string of the molecule is CN1CCN(CC(=O)c2ccc3c(c2)CCC3)CC1.O=C(O)/C=C\C(=O)O. The molecule has 3 rings (SSSR count). The van der Waals surface area contributed by atoms with Crippen molar-refractivity contribution in [2.75, 3.05) is 39.8 Å². The van der Waals surface area contributed by atoms with E-state index in [-0.39, 0.29) is 5.78 Å². The maximum Gasteiger partial charge on any atom is 0.328 e. The lowest BCUT2D eigenvalue weighted by Gasteiger charge is -2.31. The molecule has 0 aromatic heterocycles. The predicted molar refractivity (Wildman–Crippen MR) is 101 cm³/mol. The Morgan fingerprint density at radius 3 is 2.15 bits per heavy atom. The van der Waals surface area contributed by atoms with Gasteiger partial charge in [0.05, 0.1) is 6.54 Å². The Kier molecular flexibility index (Phi) is 7.69.